The van der Waals surface area contributed by atoms with Crippen LogP contribution in [-0.4, -0.2) is 80.8 Å². The molecule has 4 N–H and O–H groups in total. The summed E-state index contributed by atoms with van der Waals surface area (Å²) in [5.74, 6) is 0.880. The van der Waals surface area contributed by atoms with Crippen LogP contribution in [-0.2, 0) is 4.79 Å². The number of hydrogen-bond donors (Lipinski definition) is 3. The number of halogens is 1. The summed E-state index contributed by atoms with van der Waals surface area (Å²) >= 11 is 0. The molecule has 49 heavy (non-hydrogen) atoms. The molecule has 266 valence electrons. The maximum atomic E-state index is 13.7. The van der Waals surface area contributed by atoms with Crippen LogP contribution >= 0.6 is 12.4 Å². The number of ether oxygens (including phenoxy) is 3. The number of nitrogens with one attached hydrogen (secondary N) is 1. The third kappa shape index (κ3) is 11.1. The van der Waals surface area contributed by atoms with Gasteiger partial charge in [-0.3, -0.25) is 14.4 Å². The van der Waals surface area contributed by atoms with Crippen molar-refractivity contribution in [2.24, 2.45) is 5.73 Å². The minimum atomic E-state index is -0.372. The highest BCUT2D eigenvalue weighted by Gasteiger charge is 2.22. The van der Waals surface area contributed by atoms with E-state index in [0.717, 1.165) is 24.8 Å². The van der Waals surface area contributed by atoms with Crippen molar-refractivity contribution in [3.8, 4) is 17.2 Å². The Morgan fingerprint density at radius 3 is 2.37 bits per heavy atom. The second-order valence-electron chi connectivity index (χ2n) is 12.0. The Hall–Kier alpha value is -4.32. The number of rotatable bonds is 16. The molecule has 0 radical (unpaired) electrons. The van der Waals surface area contributed by atoms with Gasteiger partial charge in [0, 0.05) is 32.1 Å². The second kappa shape index (κ2) is 19.6. The van der Waals surface area contributed by atoms with Crippen molar-refractivity contribution in [3.63, 3.8) is 0 Å². The summed E-state index contributed by atoms with van der Waals surface area (Å²) in [4.78, 5) is 42.7. The minimum absolute atomic E-state index is 0. The number of hydrogen-bond acceptors (Lipinski definition) is 8. The first-order valence-corrected chi connectivity index (χ1v) is 16.6. The number of aryl methyl sites for hydroxylation is 1. The molecule has 11 nitrogen and oxygen atoms in total. The van der Waals surface area contributed by atoms with Crippen LogP contribution in [0.25, 0.3) is 0 Å². The number of para-hydroxylation sites is 1. The van der Waals surface area contributed by atoms with E-state index in [1.165, 1.54) is 12.0 Å². The molecule has 0 atom stereocenters. The second-order valence-corrected chi connectivity index (χ2v) is 12.0. The summed E-state index contributed by atoms with van der Waals surface area (Å²) in [7, 11) is 3.17. The average Bonchev–Trinajstić information content (AvgIpc) is 3.09. The molecule has 1 heterocycles. The van der Waals surface area contributed by atoms with E-state index in [2.05, 4.69) is 5.32 Å². The predicted molar refractivity (Wildman–Crippen MR) is 193 cm³/mol. The van der Waals surface area contributed by atoms with E-state index >= 15 is 0 Å². The fourth-order valence-corrected chi connectivity index (χ4v) is 5.49. The molecular formula is C37H49ClN4O7. The number of unbranched alkanes of at least 4 members (excludes halogenated alkanes) is 2. The summed E-state index contributed by atoms with van der Waals surface area (Å²) < 4.78 is 17.5. The highest BCUT2D eigenvalue weighted by Crippen LogP contribution is 2.32. The largest absolute Gasteiger partial charge is 0.495 e. The number of methoxy groups -OCH3 is 1. The first-order chi connectivity index (χ1) is 23.2. The first-order valence-electron chi connectivity index (χ1n) is 16.6. The molecule has 0 aliphatic carbocycles. The number of aliphatic hydroxyl groups is 1. The van der Waals surface area contributed by atoms with Crippen molar-refractivity contribution in [2.45, 2.75) is 58.0 Å². The van der Waals surface area contributed by atoms with Gasteiger partial charge in [0.25, 0.3) is 11.8 Å². The number of carbonyl (C=O) groups is 3. The third-order valence-corrected chi connectivity index (χ3v) is 8.33. The number of piperidine rings is 1. The molecule has 1 saturated heterocycles. The summed E-state index contributed by atoms with van der Waals surface area (Å²) in [5.41, 5.74) is 8.34. The van der Waals surface area contributed by atoms with Gasteiger partial charge in [-0.25, -0.2) is 0 Å². The van der Waals surface area contributed by atoms with E-state index < -0.39 is 0 Å². The molecule has 0 saturated carbocycles. The number of aliphatic hydroxyl groups excluding tert-OH is 1. The molecule has 12 heteroatoms. The Morgan fingerprint density at radius 1 is 0.918 bits per heavy atom. The van der Waals surface area contributed by atoms with Crippen LogP contribution in [0.2, 0.25) is 0 Å². The van der Waals surface area contributed by atoms with Gasteiger partial charge < -0.3 is 40.2 Å². The molecule has 0 unspecified atom stereocenters. The smallest absolute Gasteiger partial charge is 0.259 e. The predicted octanol–water partition coefficient (Wildman–Crippen LogP) is 5.60. The number of carbonyl (C=O) groups excluding carboxylic acids is 3. The topological polar surface area (TPSA) is 144 Å². The molecule has 3 aromatic rings. The number of amides is 3. The quantitative estimate of drug-likeness (QED) is 0.164. The van der Waals surface area contributed by atoms with Gasteiger partial charge in [0.1, 0.15) is 17.2 Å². The van der Waals surface area contributed by atoms with Crippen LogP contribution in [0.1, 0.15) is 71.2 Å². The maximum Gasteiger partial charge on any atom is 0.259 e. The van der Waals surface area contributed by atoms with E-state index in [9.17, 15) is 19.5 Å². The maximum absolute atomic E-state index is 13.7. The van der Waals surface area contributed by atoms with Gasteiger partial charge in [0.05, 0.1) is 43.4 Å². The van der Waals surface area contributed by atoms with Gasteiger partial charge in [-0.1, -0.05) is 18.2 Å². The molecule has 4 rings (SSSR count). The lowest BCUT2D eigenvalue weighted by Gasteiger charge is -2.29. The Labute approximate surface area is 295 Å². The van der Waals surface area contributed by atoms with Gasteiger partial charge in [-0.2, -0.15) is 0 Å². The van der Waals surface area contributed by atoms with Crippen molar-refractivity contribution in [3.05, 3.63) is 77.4 Å². The van der Waals surface area contributed by atoms with Gasteiger partial charge in [-0.15, -0.1) is 12.4 Å². The highest BCUT2D eigenvalue weighted by molar-refractivity contribution is 6.09. The molecular weight excluding hydrogens is 648 g/mol. The van der Waals surface area contributed by atoms with Crippen molar-refractivity contribution in [2.75, 3.05) is 57.2 Å². The zero-order valence-electron chi connectivity index (χ0n) is 28.6. The monoisotopic (exact) mass is 696 g/mol. The number of nitrogens with zero attached hydrogens (tertiary/aromatic N) is 2. The standard InChI is InChI=1S/C37H48N4O7.ClH/c1-26-13-16-31(34(24-26)48-22-8-4-5-12-35(43)41-20-17-28(42)18-21-41)40(2)37(45)27-14-15-30(33(25-27)46-3)39-36(44)29-10-6-7-11-32(29)47-23-9-19-38;/h6-7,10-11,13-16,24-25,28,42H,4-5,8-9,12,17-23,38H2,1-3H3,(H,39,44);1H. The first kappa shape index (κ1) is 39.1. The third-order valence-electron chi connectivity index (χ3n) is 8.33. The van der Waals surface area contributed by atoms with Crippen LogP contribution < -0.4 is 30.2 Å². The lowest BCUT2D eigenvalue weighted by Crippen LogP contribution is -2.39. The highest BCUT2D eigenvalue weighted by atomic mass is 35.5. The Bertz CT molecular complexity index is 1540. The van der Waals surface area contributed by atoms with Gasteiger partial charge in [0.2, 0.25) is 5.91 Å². The molecule has 3 aromatic carbocycles. The summed E-state index contributed by atoms with van der Waals surface area (Å²) in [5, 5.41) is 12.5. The Morgan fingerprint density at radius 2 is 1.63 bits per heavy atom. The molecule has 0 bridgehead atoms. The van der Waals surface area contributed by atoms with Crippen LogP contribution in [0, 0.1) is 6.92 Å². The van der Waals surface area contributed by atoms with E-state index in [1.807, 2.05) is 30.0 Å². The fourth-order valence-electron chi connectivity index (χ4n) is 5.49. The van der Waals surface area contributed by atoms with E-state index in [-0.39, 0.29) is 36.2 Å². The fraction of sp³-hybridized carbons (Fsp3) is 0.432. The molecule has 1 fully saturated rings. The van der Waals surface area contributed by atoms with Gasteiger partial charge in [0.15, 0.2) is 0 Å². The minimum Gasteiger partial charge on any atom is -0.495 e. The zero-order valence-corrected chi connectivity index (χ0v) is 29.4. The number of benzene rings is 3. The Balaban J connectivity index is 0.00000650. The molecule has 1 aliphatic rings. The van der Waals surface area contributed by atoms with Crippen molar-refractivity contribution in [1.82, 2.24) is 4.90 Å². The van der Waals surface area contributed by atoms with E-state index in [4.69, 9.17) is 19.9 Å². The Kier molecular flexibility index (Phi) is 15.7. The van der Waals surface area contributed by atoms with E-state index in [1.54, 1.807) is 49.5 Å². The summed E-state index contributed by atoms with van der Waals surface area (Å²) in [6.07, 6.45) is 4.54. The van der Waals surface area contributed by atoms with Gasteiger partial charge >= 0.3 is 0 Å². The van der Waals surface area contributed by atoms with Crippen molar-refractivity contribution >= 4 is 41.5 Å². The van der Waals surface area contributed by atoms with Crippen molar-refractivity contribution < 1.29 is 33.7 Å². The number of nitrogens with two attached hydrogens (primary N) is 1. The number of likely N-dealkylation sites (tertiary alicyclic amines) is 1. The normalized spacial score (nSPS) is 12.9. The van der Waals surface area contributed by atoms with Crippen LogP contribution in [0.15, 0.2) is 60.7 Å². The summed E-state index contributed by atoms with van der Waals surface area (Å²) in [6, 6.07) is 17.5. The van der Waals surface area contributed by atoms with Crippen LogP contribution in [0.5, 0.6) is 17.2 Å². The lowest BCUT2D eigenvalue weighted by atomic mass is 10.1. The van der Waals surface area contributed by atoms with E-state index in [0.29, 0.717) is 98.3 Å². The summed E-state index contributed by atoms with van der Waals surface area (Å²) in [6.45, 7) is 4.55. The molecule has 0 spiro atoms. The zero-order chi connectivity index (χ0) is 34.5. The van der Waals surface area contributed by atoms with Crippen LogP contribution in [0.4, 0.5) is 11.4 Å². The average molecular weight is 697 g/mol. The lowest BCUT2D eigenvalue weighted by molar-refractivity contribution is -0.133. The number of anilines is 2. The molecule has 1 aliphatic heterocycles. The van der Waals surface area contributed by atoms with Crippen LogP contribution in [0.3, 0.4) is 0 Å². The molecule has 3 amide bonds. The van der Waals surface area contributed by atoms with Crippen molar-refractivity contribution in [1.29, 1.82) is 0 Å². The SMILES string of the molecule is COc1cc(C(=O)N(C)c2ccc(C)cc2OCCCCCC(=O)N2CCC(O)CC2)ccc1NC(=O)c1ccccc1OCCCN.Cl. The van der Waals surface area contributed by atoms with Gasteiger partial charge in [-0.05, 0) is 100 Å². The molecule has 0 aromatic heterocycles.